The monoisotopic (exact) mass is 387 g/mol. The average molecular weight is 387 g/mol. The van der Waals surface area contributed by atoms with Crippen molar-refractivity contribution >= 4 is 17.4 Å². The summed E-state index contributed by atoms with van der Waals surface area (Å²) in [5, 5.41) is 2.93. The predicted molar refractivity (Wildman–Crippen MR) is 99.0 cm³/mol. The van der Waals surface area contributed by atoms with Gasteiger partial charge in [-0.15, -0.1) is 13.2 Å². The van der Waals surface area contributed by atoms with Crippen LogP contribution in [-0.2, 0) is 11.2 Å². The molecule has 0 radical (unpaired) electrons. The number of amides is 1. The molecule has 3 aromatic rings. The molecule has 0 atom stereocenters. The van der Waals surface area contributed by atoms with Crippen LogP contribution in [0.3, 0.4) is 0 Å². The number of carbonyl (C=O) groups excluding carboxylic acids is 1. The summed E-state index contributed by atoms with van der Waals surface area (Å²) in [6.45, 7) is 0. The van der Waals surface area contributed by atoms with Crippen molar-refractivity contribution < 1.29 is 22.7 Å². The number of pyridine rings is 1. The molecule has 0 bridgehead atoms. The molecule has 0 aliphatic heterocycles. The Kier molecular flexibility index (Phi) is 5.49. The van der Waals surface area contributed by atoms with E-state index in [9.17, 15) is 18.0 Å². The topological polar surface area (TPSA) is 77.2 Å². The molecule has 3 N–H and O–H groups in total. The number of rotatable bonds is 6. The summed E-state index contributed by atoms with van der Waals surface area (Å²) in [6, 6.07) is 16.4. The van der Waals surface area contributed by atoms with Gasteiger partial charge >= 0.3 is 6.36 Å². The highest BCUT2D eigenvalue weighted by Gasteiger charge is 2.31. The molecule has 0 aliphatic carbocycles. The summed E-state index contributed by atoms with van der Waals surface area (Å²) in [7, 11) is 0. The van der Waals surface area contributed by atoms with Crippen molar-refractivity contribution in [1.29, 1.82) is 0 Å². The Morgan fingerprint density at radius 3 is 2.50 bits per heavy atom. The van der Waals surface area contributed by atoms with E-state index in [2.05, 4.69) is 15.0 Å². The summed E-state index contributed by atoms with van der Waals surface area (Å²) < 4.78 is 40.9. The molecule has 5 nitrogen and oxygen atoms in total. The van der Waals surface area contributed by atoms with Crippen LogP contribution in [0.25, 0.3) is 11.1 Å². The number of alkyl halides is 3. The van der Waals surface area contributed by atoms with E-state index in [-0.39, 0.29) is 12.2 Å². The molecule has 28 heavy (non-hydrogen) atoms. The second kappa shape index (κ2) is 7.99. The first-order valence-corrected chi connectivity index (χ1v) is 8.25. The van der Waals surface area contributed by atoms with Gasteiger partial charge < -0.3 is 15.8 Å². The van der Waals surface area contributed by atoms with Gasteiger partial charge in [0.1, 0.15) is 11.6 Å². The molecule has 144 valence electrons. The molecule has 1 amide bonds. The second-order valence-electron chi connectivity index (χ2n) is 5.98. The van der Waals surface area contributed by atoms with E-state index < -0.39 is 12.3 Å². The fraction of sp³-hybridized carbons (Fsp3) is 0.100. The Balaban J connectivity index is 1.73. The van der Waals surface area contributed by atoms with Crippen LogP contribution < -0.4 is 15.8 Å². The van der Waals surface area contributed by atoms with Gasteiger partial charge in [-0.2, -0.15) is 0 Å². The fourth-order valence-corrected chi connectivity index (χ4v) is 2.62. The van der Waals surface area contributed by atoms with E-state index in [1.54, 1.807) is 18.3 Å². The molecular formula is C20H16F3N3O2. The third-order valence-electron chi connectivity index (χ3n) is 3.74. The number of aromatic nitrogens is 1. The number of benzene rings is 2. The van der Waals surface area contributed by atoms with Crippen molar-refractivity contribution in [3.05, 3.63) is 72.4 Å². The summed E-state index contributed by atoms with van der Waals surface area (Å²) in [4.78, 5) is 15.3. The van der Waals surface area contributed by atoms with E-state index in [1.807, 2.05) is 30.3 Å². The van der Waals surface area contributed by atoms with Crippen LogP contribution in [0.2, 0.25) is 0 Å². The summed E-state index contributed by atoms with van der Waals surface area (Å²) in [5.41, 5.74) is 8.13. The summed E-state index contributed by atoms with van der Waals surface area (Å²) >= 11 is 0. The third-order valence-corrected chi connectivity index (χ3v) is 3.74. The molecule has 1 heterocycles. The molecule has 0 aliphatic rings. The highest BCUT2D eigenvalue weighted by molar-refractivity contribution is 5.77. The number of ether oxygens (including phenoxy) is 1. The number of nitrogens with two attached hydrogens (primary N) is 1. The third kappa shape index (κ3) is 5.47. The average Bonchev–Trinajstić information content (AvgIpc) is 2.61. The van der Waals surface area contributed by atoms with Crippen molar-refractivity contribution in [3.8, 4) is 16.9 Å². The first-order chi connectivity index (χ1) is 13.3. The Bertz CT molecular complexity index is 973. The molecule has 1 aromatic heterocycles. The number of halogens is 3. The van der Waals surface area contributed by atoms with E-state index >= 15 is 0 Å². The van der Waals surface area contributed by atoms with Crippen molar-refractivity contribution in [2.75, 3.05) is 5.32 Å². The maximum absolute atomic E-state index is 12.3. The summed E-state index contributed by atoms with van der Waals surface area (Å²) in [6.07, 6.45) is -2.97. The number of anilines is 2. The van der Waals surface area contributed by atoms with Crippen LogP contribution in [0.4, 0.5) is 24.7 Å². The Hall–Kier alpha value is -3.55. The standard InChI is InChI=1S/C20H16F3N3O2/c21-20(22,23)28-17-6-2-5-16(11-17)26-19-8-7-15(12-25-19)14-4-1-3-13(9-14)10-18(24)27/h1-9,11-12H,10H2,(H2,24,27)(H,25,26). The van der Waals surface area contributed by atoms with Crippen molar-refractivity contribution in [2.24, 2.45) is 5.73 Å². The molecule has 0 saturated heterocycles. The van der Waals surface area contributed by atoms with Crippen molar-refractivity contribution in [3.63, 3.8) is 0 Å². The van der Waals surface area contributed by atoms with Gasteiger partial charge in [0.15, 0.2) is 0 Å². The molecule has 0 spiro atoms. The first kappa shape index (κ1) is 19.2. The molecule has 0 unspecified atom stereocenters. The maximum Gasteiger partial charge on any atom is 0.573 e. The molecular weight excluding hydrogens is 371 g/mol. The number of nitrogens with zero attached hydrogens (tertiary/aromatic N) is 1. The zero-order valence-electron chi connectivity index (χ0n) is 14.5. The maximum atomic E-state index is 12.3. The van der Waals surface area contributed by atoms with Gasteiger partial charge in [-0.25, -0.2) is 4.98 Å². The number of hydrogen-bond donors (Lipinski definition) is 2. The van der Waals surface area contributed by atoms with Gasteiger partial charge in [0.2, 0.25) is 5.91 Å². The van der Waals surface area contributed by atoms with Gasteiger partial charge in [0, 0.05) is 23.5 Å². The van der Waals surface area contributed by atoms with Gasteiger partial charge in [-0.3, -0.25) is 4.79 Å². The van der Waals surface area contributed by atoms with Crippen LogP contribution >= 0.6 is 0 Å². The van der Waals surface area contributed by atoms with Gasteiger partial charge in [0.05, 0.1) is 6.42 Å². The second-order valence-corrected chi connectivity index (χ2v) is 5.98. The van der Waals surface area contributed by atoms with Gasteiger partial charge in [0.25, 0.3) is 0 Å². The number of hydrogen-bond acceptors (Lipinski definition) is 4. The zero-order chi connectivity index (χ0) is 20.1. The molecule has 2 aromatic carbocycles. The molecule has 0 fully saturated rings. The number of primary amides is 1. The highest BCUT2D eigenvalue weighted by Crippen LogP contribution is 2.27. The fourth-order valence-electron chi connectivity index (χ4n) is 2.62. The zero-order valence-corrected chi connectivity index (χ0v) is 14.5. The number of carbonyl (C=O) groups is 1. The normalized spacial score (nSPS) is 11.1. The van der Waals surface area contributed by atoms with Crippen LogP contribution in [0.5, 0.6) is 5.75 Å². The van der Waals surface area contributed by atoms with Gasteiger partial charge in [-0.05, 0) is 35.4 Å². The predicted octanol–water partition coefficient (Wildman–Crippen LogP) is 4.42. The van der Waals surface area contributed by atoms with Crippen molar-refractivity contribution in [1.82, 2.24) is 4.98 Å². The van der Waals surface area contributed by atoms with E-state index in [1.165, 1.54) is 18.2 Å². The van der Waals surface area contributed by atoms with Crippen LogP contribution in [0.15, 0.2) is 66.9 Å². The van der Waals surface area contributed by atoms with Crippen molar-refractivity contribution in [2.45, 2.75) is 12.8 Å². The quantitative estimate of drug-likeness (QED) is 0.657. The smallest absolute Gasteiger partial charge is 0.406 e. The largest absolute Gasteiger partial charge is 0.573 e. The molecule has 3 rings (SSSR count). The molecule has 8 heteroatoms. The van der Waals surface area contributed by atoms with E-state index in [0.717, 1.165) is 16.7 Å². The summed E-state index contributed by atoms with van der Waals surface area (Å²) in [5.74, 6) is -0.270. The van der Waals surface area contributed by atoms with Crippen LogP contribution in [-0.4, -0.2) is 17.3 Å². The lowest BCUT2D eigenvalue weighted by molar-refractivity contribution is -0.274. The number of nitrogens with one attached hydrogen (secondary N) is 1. The van der Waals surface area contributed by atoms with E-state index in [0.29, 0.717) is 11.5 Å². The molecule has 0 saturated carbocycles. The SMILES string of the molecule is NC(=O)Cc1cccc(-c2ccc(Nc3cccc(OC(F)(F)F)c3)nc2)c1. The van der Waals surface area contributed by atoms with Crippen LogP contribution in [0, 0.1) is 0 Å². The lowest BCUT2D eigenvalue weighted by Gasteiger charge is -2.11. The Morgan fingerprint density at radius 2 is 1.82 bits per heavy atom. The Labute approximate surface area is 159 Å². The Morgan fingerprint density at radius 1 is 1.04 bits per heavy atom. The highest BCUT2D eigenvalue weighted by atomic mass is 19.4. The lowest BCUT2D eigenvalue weighted by Crippen LogP contribution is -2.17. The minimum atomic E-state index is -4.75. The van der Waals surface area contributed by atoms with Gasteiger partial charge in [-0.1, -0.05) is 30.3 Å². The minimum Gasteiger partial charge on any atom is -0.406 e. The first-order valence-electron chi connectivity index (χ1n) is 8.25. The lowest BCUT2D eigenvalue weighted by atomic mass is 10.0. The van der Waals surface area contributed by atoms with E-state index in [4.69, 9.17) is 5.73 Å². The minimum absolute atomic E-state index is 0.150. The van der Waals surface area contributed by atoms with Crippen LogP contribution in [0.1, 0.15) is 5.56 Å².